The molecule has 0 bridgehead atoms. The van der Waals surface area contributed by atoms with Gasteiger partial charge in [0.1, 0.15) is 0 Å². The van der Waals surface area contributed by atoms with Crippen LogP contribution in [0.15, 0.2) is 11.6 Å². The van der Waals surface area contributed by atoms with E-state index in [1.165, 1.54) is 23.3 Å². The molecule has 19 heavy (non-hydrogen) atoms. The van der Waals surface area contributed by atoms with Crippen molar-refractivity contribution in [2.24, 2.45) is 17.8 Å². The van der Waals surface area contributed by atoms with Crippen LogP contribution >= 0.6 is 0 Å². The minimum absolute atomic E-state index is 0.0115. The highest BCUT2D eigenvalue weighted by atomic mass is 16.5. The van der Waals surface area contributed by atoms with Gasteiger partial charge >= 0.3 is 5.97 Å². The molecule has 1 fully saturated rings. The average molecular weight is 266 g/mol. The molecule has 0 radical (unpaired) electrons. The zero-order chi connectivity index (χ0) is 13.8. The Morgan fingerprint density at radius 3 is 2.68 bits per heavy atom. The highest BCUT2D eigenvalue weighted by molar-refractivity contribution is 5.70. The fourth-order valence-corrected chi connectivity index (χ4v) is 3.63. The van der Waals surface area contributed by atoms with Crippen molar-refractivity contribution in [3.05, 3.63) is 11.6 Å². The van der Waals surface area contributed by atoms with Gasteiger partial charge in [0, 0.05) is 18.8 Å². The Balaban J connectivity index is 1.76. The molecule has 3 atom stereocenters. The topological polar surface area (TPSA) is 30.7 Å². The summed E-state index contributed by atoms with van der Waals surface area (Å²) in [5.74, 6) is 1.62. The Kier molecular flexibility index (Phi) is 5.03. The summed E-state index contributed by atoms with van der Waals surface area (Å²) >= 11 is 0. The van der Waals surface area contributed by atoms with E-state index in [0.29, 0.717) is 30.9 Å². The number of carbonyl (C=O) groups is 1. The third-order valence-electron chi connectivity index (χ3n) is 4.74. The number of hydrogen-bond acceptors (Lipinski definition) is 2. The van der Waals surface area contributed by atoms with Crippen LogP contribution < -0.4 is 4.90 Å². The zero-order valence-corrected chi connectivity index (χ0v) is 12.6. The molecule has 2 aliphatic rings. The number of ether oxygens (including phenoxy) is 1. The van der Waals surface area contributed by atoms with Crippen LogP contribution in [0.1, 0.15) is 40.0 Å². The van der Waals surface area contributed by atoms with Crippen molar-refractivity contribution in [3.8, 4) is 0 Å². The van der Waals surface area contributed by atoms with Gasteiger partial charge in [0.15, 0.2) is 6.54 Å². The van der Waals surface area contributed by atoms with Crippen LogP contribution in [0.25, 0.3) is 0 Å². The lowest BCUT2D eigenvalue weighted by Gasteiger charge is -2.32. The molecule has 1 heterocycles. The second-order valence-electron chi connectivity index (χ2n) is 6.53. The summed E-state index contributed by atoms with van der Waals surface area (Å²) in [7, 11) is 0. The van der Waals surface area contributed by atoms with E-state index in [2.05, 4.69) is 26.8 Å². The van der Waals surface area contributed by atoms with Crippen molar-refractivity contribution < 1.29 is 14.4 Å². The molecule has 0 aromatic heterocycles. The zero-order valence-electron chi connectivity index (χ0n) is 12.6. The highest BCUT2D eigenvalue weighted by Crippen LogP contribution is 2.33. The fraction of sp³-hybridized carbons (Fsp3) is 0.812. The molecule has 0 amide bonds. The standard InChI is InChI=1S/C16H27NO2/c1-12-8-13(2)15(14(3)9-12)11-19-16(18)10-17-6-4-5-7-17/h8,13-15H,4-7,9-11H2,1-3H3/p+1/t13-,14-,15-/m0/s1. The van der Waals surface area contributed by atoms with Gasteiger partial charge in [-0.3, -0.25) is 0 Å². The Labute approximate surface area is 117 Å². The number of carbonyl (C=O) groups excluding carboxylic acids is 1. The molecule has 0 spiro atoms. The van der Waals surface area contributed by atoms with Gasteiger partial charge in [-0.2, -0.15) is 0 Å². The quantitative estimate of drug-likeness (QED) is 0.617. The van der Waals surface area contributed by atoms with Gasteiger partial charge in [-0.25, -0.2) is 4.79 Å². The second kappa shape index (κ2) is 6.56. The predicted octanol–water partition coefficient (Wildman–Crippen LogP) is 1.45. The predicted molar refractivity (Wildman–Crippen MR) is 75.9 cm³/mol. The lowest BCUT2D eigenvalue weighted by Crippen LogP contribution is -3.11. The fourth-order valence-electron chi connectivity index (χ4n) is 3.63. The van der Waals surface area contributed by atoms with E-state index in [4.69, 9.17) is 4.74 Å². The molecule has 0 unspecified atom stereocenters. The normalized spacial score (nSPS) is 32.2. The van der Waals surface area contributed by atoms with E-state index < -0.39 is 0 Å². The molecule has 1 aliphatic carbocycles. The first-order valence-corrected chi connectivity index (χ1v) is 7.72. The van der Waals surface area contributed by atoms with Gasteiger partial charge in [-0.1, -0.05) is 25.5 Å². The van der Waals surface area contributed by atoms with Crippen molar-refractivity contribution in [1.29, 1.82) is 0 Å². The molecule has 3 heteroatoms. The molecule has 0 saturated carbocycles. The Hall–Kier alpha value is -0.830. The van der Waals surface area contributed by atoms with Crippen LogP contribution in [0.5, 0.6) is 0 Å². The van der Waals surface area contributed by atoms with E-state index in [1.54, 1.807) is 0 Å². The van der Waals surface area contributed by atoms with Crippen LogP contribution in [0.2, 0.25) is 0 Å². The molecule has 3 nitrogen and oxygen atoms in total. The SMILES string of the molecule is CC1=C[C@H](C)[C@H](COC(=O)C[NH+]2CCCC2)[C@@H](C)C1. The van der Waals surface area contributed by atoms with Crippen molar-refractivity contribution in [2.45, 2.75) is 40.0 Å². The van der Waals surface area contributed by atoms with E-state index in [-0.39, 0.29) is 5.97 Å². The van der Waals surface area contributed by atoms with Gasteiger partial charge in [0.25, 0.3) is 0 Å². The van der Waals surface area contributed by atoms with Gasteiger partial charge in [-0.05, 0) is 25.2 Å². The summed E-state index contributed by atoms with van der Waals surface area (Å²) in [5.41, 5.74) is 1.48. The summed E-state index contributed by atoms with van der Waals surface area (Å²) in [5, 5.41) is 0. The highest BCUT2D eigenvalue weighted by Gasteiger charge is 2.28. The van der Waals surface area contributed by atoms with E-state index in [9.17, 15) is 4.79 Å². The van der Waals surface area contributed by atoms with Crippen LogP contribution in [-0.2, 0) is 9.53 Å². The summed E-state index contributed by atoms with van der Waals surface area (Å²) in [6, 6.07) is 0. The van der Waals surface area contributed by atoms with E-state index in [1.807, 2.05) is 0 Å². The molecule has 1 saturated heterocycles. The molecule has 1 aliphatic heterocycles. The molecular formula is C16H28NO2+. The lowest BCUT2D eigenvalue weighted by atomic mass is 9.75. The first kappa shape index (κ1) is 14.6. The average Bonchev–Trinajstić information content (AvgIpc) is 2.80. The Morgan fingerprint density at radius 2 is 2.05 bits per heavy atom. The van der Waals surface area contributed by atoms with Gasteiger partial charge in [-0.15, -0.1) is 0 Å². The van der Waals surface area contributed by atoms with Crippen LogP contribution in [0.4, 0.5) is 0 Å². The van der Waals surface area contributed by atoms with Crippen LogP contribution in [-0.4, -0.2) is 32.2 Å². The maximum Gasteiger partial charge on any atom is 0.361 e. The first-order valence-electron chi connectivity index (χ1n) is 7.72. The minimum Gasteiger partial charge on any atom is -0.461 e. The molecular weight excluding hydrogens is 238 g/mol. The molecule has 108 valence electrons. The first-order chi connectivity index (χ1) is 9.06. The van der Waals surface area contributed by atoms with E-state index in [0.717, 1.165) is 19.5 Å². The molecule has 0 aromatic rings. The number of nitrogens with one attached hydrogen (secondary N) is 1. The molecule has 1 N–H and O–H groups in total. The van der Waals surface area contributed by atoms with Gasteiger partial charge < -0.3 is 9.64 Å². The Morgan fingerprint density at radius 1 is 1.37 bits per heavy atom. The number of allylic oxidation sites excluding steroid dienone is 2. The van der Waals surface area contributed by atoms with Crippen molar-refractivity contribution >= 4 is 5.97 Å². The molecule has 0 aromatic carbocycles. The summed E-state index contributed by atoms with van der Waals surface area (Å²) in [6.45, 7) is 10.1. The lowest BCUT2D eigenvalue weighted by molar-refractivity contribution is -0.879. The van der Waals surface area contributed by atoms with Gasteiger partial charge in [0.05, 0.1) is 19.7 Å². The molecule has 2 rings (SSSR count). The number of likely N-dealkylation sites (tertiary alicyclic amines) is 1. The van der Waals surface area contributed by atoms with Crippen molar-refractivity contribution in [3.63, 3.8) is 0 Å². The maximum absolute atomic E-state index is 11.9. The van der Waals surface area contributed by atoms with Crippen LogP contribution in [0.3, 0.4) is 0 Å². The largest absolute Gasteiger partial charge is 0.461 e. The summed E-state index contributed by atoms with van der Waals surface area (Å²) in [6.07, 6.45) is 5.99. The number of quaternary nitrogens is 1. The van der Waals surface area contributed by atoms with Crippen molar-refractivity contribution in [2.75, 3.05) is 26.2 Å². The third-order valence-corrected chi connectivity index (χ3v) is 4.74. The summed E-state index contributed by atoms with van der Waals surface area (Å²) < 4.78 is 5.53. The van der Waals surface area contributed by atoms with E-state index >= 15 is 0 Å². The van der Waals surface area contributed by atoms with Crippen molar-refractivity contribution in [1.82, 2.24) is 0 Å². The Bertz CT molecular complexity index is 345. The smallest absolute Gasteiger partial charge is 0.361 e. The number of hydrogen-bond donors (Lipinski definition) is 1. The van der Waals surface area contributed by atoms with Crippen LogP contribution in [0, 0.1) is 17.8 Å². The number of esters is 1. The minimum atomic E-state index is -0.0115. The monoisotopic (exact) mass is 266 g/mol. The van der Waals surface area contributed by atoms with Gasteiger partial charge in [0.2, 0.25) is 0 Å². The maximum atomic E-state index is 11.9. The second-order valence-corrected chi connectivity index (χ2v) is 6.53. The third kappa shape index (κ3) is 4.07. The number of rotatable bonds is 4. The summed E-state index contributed by atoms with van der Waals surface area (Å²) in [4.78, 5) is 13.3.